The Balaban J connectivity index is 2.09. The number of nitrogen functional groups attached to an aromatic ring is 1. The van der Waals surface area contributed by atoms with Crippen LogP contribution in [-0.4, -0.2) is 59.0 Å². The number of nitrogens with one attached hydrogen (secondary N) is 2. The second kappa shape index (κ2) is 7.34. The molecular weight excluding hydrogens is 274 g/mol. The molecule has 21 heavy (non-hydrogen) atoms. The number of ether oxygens (including phenoxy) is 1. The summed E-state index contributed by atoms with van der Waals surface area (Å²) in [4.78, 5) is 14.8. The highest BCUT2D eigenvalue weighted by Gasteiger charge is 2.17. The van der Waals surface area contributed by atoms with E-state index in [0.29, 0.717) is 31.7 Å². The van der Waals surface area contributed by atoms with Gasteiger partial charge in [0.15, 0.2) is 0 Å². The highest BCUT2D eigenvalue weighted by atomic mass is 16.5. The van der Waals surface area contributed by atoms with Crippen molar-refractivity contribution >= 4 is 17.8 Å². The van der Waals surface area contributed by atoms with Crippen molar-refractivity contribution < 1.29 is 9.84 Å². The van der Waals surface area contributed by atoms with Crippen LogP contribution in [0.2, 0.25) is 0 Å². The Labute approximate surface area is 123 Å². The van der Waals surface area contributed by atoms with Gasteiger partial charge >= 0.3 is 0 Å². The smallest absolute Gasteiger partial charge is 0.243 e. The van der Waals surface area contributed by atoms with Crippen LogP contribution < -0.4 is 21.5 Å². The van der Waals surface area contributed by atoms with Crippen LogP contribution >= 0.6 is 0 Å². The van der Waals surface area contributed by atoms with Crippen molar-refractivity contribution in [2.24, 2.45) is 11.8 Å². The number of aliphatic hydroxyl groups is 1. The summed E-state index contributed by atoms with van der Waals surface area (Å²) < 4.78 is 5.31. The normalized spacial score (nSPS) is 16.9. The molecule has 0 saturated carbocycles. The number of anilines is 3. The molecule has 0 aliphatic carbocycles. The molecule has 1 atom stereocenters. The van der Waals surface area contributed by atoms with E-state index in [9.17, 15) is 5.11 Å². The monoisotopic (exact) mass is 297 g/mol. The first-order valence-electron chi connectivity index (χ1n) is 7.07. The molecule has 9 heteroatoms. The zero-order chi connectivity index (χ0) is 15.2. The van der Waals surface area contributed by atoms with E-state index in [1.807, 2.05) is 18.7 Å². The number of hydrogen-bond acceptors (Lipinski definition) is 9. The summed E-state index contributed by atoms with van der Waals surface area (Å²) >= 11 is 0. The van der Waals surface area contributed by atoms with Gasteiger partial charge in [-0.05, 0) is 5.92 Å². The van der Waals surface area contributed by atoms with Gasteiger partial charge in [-0.2, -0.15) is 15.0 Å². The highest BCUT2D eigenvalue weighted by Crippen LogP contribution is 2.14. The van der Waals surface area contributed by atoms with E-state index in [1.165, 1.54) is 0 Å². The molecule has 0 spiro atoms. The van der Waals surface area contributed by atoms with E-state index < -0.39 is 6.10 Å². The number of aromatic nitrogens is 3. The van der Waals surface area contributed by atoms with Crippen LogP contribution in [0, 0.1) is 5.92 Å². The van der Waals surface area contributed by atoms with Crippen LogP contribution in [0.5, 0.6) is 0 Å². The van der Waals surface area contributed by atoms with Crippen molar-refractivity contribution in [1.29, 1.82) is 0 Å². The summed E-state index contributed by atoms with van der Waals surface area (Å²) in [5.41, 5.74) is 2.43. The molecule has 1 aliphatic rings. The summed E-state index contributed by atoms with van der Waals surface area (Å²) in [5, 5.41) is 12.8. The van der Waals surface area contributed by atoms with Crippen LogP contribution in [0.3, 0.4) is 0 Å². The van der Waals surface area contributed by atoms with Crippen LogP contribution in [0.15, 0.2) is 0 Å². The number of rotatable bonds is 6. The van der Waals surface area contributed by atoms with Gasteiger partial charge < -0.3 is 20.1 Å². The second-order valence-electron chi connectivity index (χ2n) is 5.22. The van der Waals surface area contributed by atoms with Gasteiger partial charge in [-0.3, -0.25) is 5.43 Å². The van der Waals surface area contributed by atoms with Gasteiger partial charge in [0.2, 0.25) is 17.8 Å². The Hall–Kier alpha value is -1.71. The Kier molecular flexibility index (Phi) is 5.48. The molecule has 0 radical (unpaired) electrons. The molecule has 0 amide bonds. The molecule has 0 bridgehead atoms. The summed E-state index contributed by atoms with van der Waals surface area (Å²) in [5.74, 6) is 6.77. The Morgan fingerprint density at radius 2 is 1.90 bits per heavy atom. The number of morpholine rings is 1. The second-order valence-corrected chi connectivity index (χ2v) is 5.22. The Morgan fingerprint density at radius 1 is 1.24 bits per heavy atom. The summed E-state index contributed by atoms with van der Waals surface area (Å²) in [6.07, 6.45) is -0.470. The van der Waals surface area contributed by atoms with Crippen molar-refractivity contribution in [1.82, 2.24) is 15.0 Å². The molecule has 118 valence electrons. The van der Waals surface area contributed by atoms with Crippen molar-refractivity contribution in [2.75, 3.05) is 48.5 Å². The first-order valence-corrected chi connectivity index (χ1v) is 7.07. The maximum atomic E-state index is 9.83. The van der Waals surface area contributed by atoms with E-state index >= 15 is 0 Å². The van der Waals surface area contributed by atoms with Crippen LogP contribution in [-0.2, 0) is 4.74 Å². The van der Waals surface area contributed by atoms with E-state index in [2.05, 4.69) is 25.7 Å². The molecule has 0 aromatic carbocycles. The Morgan fingerprint density at radius 3 is 2.52 bits per heavy atom. The topological polar surface area (TPSA) is 121 Å². The fraction of sp³-hybridized carbons (Fsp3) is 0.750. The van der Waals surface area contributed by atoms with Crippen LogP contribution in [0.25, 0.3) is 0 Å². The van der Waals surface area contributed by atoms with Gasteiger partial charge in [-0.1, -0.05) is 13.8 Å². The molecule has 5 N–H and O–H groups in total. The fourth-order valence-electron chi connectivity index (χ4n) is 1.84. The lowest BCUT2D eigenvalue weighted by atomic mass is 10.1. The minimum atomic E-state index is -0.470. The number of hydrazine groups is 1. The maximum Gasteiger partial charge on any atom is 0.243 e. The third-order valence-electron chi connectivity index (χ3n) is 3.29. The average Bonchev–Trinajstić information content (AvgIpc) is 2.52. The van der Waals surface area contributed by atoms with Gasteiger partial charge in [-0.15, -0.1) is 0 Å². The van der Waals surface area contributed by atoms with Crippen molar-refractivity contribution in [3.63, 3.8) is 0 Å². The van der Waals surface area contributed by atoms with Gasteiger partial charge in [0, 0.05) is 19.6 Å². The lowest BCUT2D eigenvalue weighted by Gasteiger charge is -2.27. The maximum absolute atomic E-state index is 9.83. The third-order valence-corrected chi connectivity index (χ3v) is 3.29. The van der Waals surface area contributed by atoms with Crippen LogP contribution in [0.4, 0.5) is 17.8 Å². The molecule has 1 unspecified atom stereocenters. The zero-order valence-corrected chi connectivity index (χ0v) is 12.4. The lowest BCUT2D eigenvalue weighted by Crippen LogP contribution is -2.38. The predicted molar refractivity (Wildman–Crippen MR) is 80.0 cm³/mol. The predicted octanol–water partition coefficient (Wildman–Crippen LogP) is -0.577. The number of hydrogen-bond donors (Lipinski definition) is 4. The molecule has 1 aromatic heterocycles. The average molecular weight is 297 g/mol. The van der Waals surface area contributed by atoms with E-state index in [4.69, 9.17) is 10.6 Å². The van der Waals surface area contributed by atoms with Gasteiger partial charge in [-0.25, -0.2) is 5.84 Å². The van der Waals surface area contributed by atoms with Gasteiger partial charge in [0.1, 0.15) is 0 Å². The van der Waals surface area contributed by atoms with E-state index in [0.717, 1.165) is 13.1 Å². The fourth-order valence-corrected chi connectivity index (χ4v) is 1.84. The first-order chi connectivity index (χ1) is 10.1. The Bertz CT molecular complexity index is 451. The molecule has 2 rings (SSSR count). The number of nitrogens with zero attached hydrogens (tertiary/aromatic N) is 4. The SMILES string of the molecule is CC(C)C(O)CNc1nc(NN)nc(N2CCOCC2)n1. The standard InChI is InChI=1S/C12H23N7O2/c1-8(2)9(20)7-14-10-15-11(18-13)17-12(16-10)19-3-5-21-6-4-19/h8-9,20H,3-7,13H2,1-2H3,(H2,14,15,16,17,18). The molecule has 2 heterocycles. The van der Waals surface area contributed by atoms with Crippen molar-refractivity contribution in [3.05, 3.63) is 0 Å². The van der Waals surface area contributed by atoms with Crippen LogP contribution in [0.1, 0.15) is 13.8 Å². The minimum absolute atomic E-state index is 0.158. The molecule has 1 aliphatic heterocycles. The minimum Gasteiger partial charge on any atom is -0.391 e. The van der Waals surface area contributed by atoms with Crippen molar-refractivity contribution in [2.45, 2.75) is 20.0 Å². The lowest BCUT2D eigenvalue weighted by molar-refractivity contribution is 0.122. The number of nitrogens with two attached hydrogens (primary N) is 1. The molecule has 1 saturated heterocycles. The van der Waals surface area contributed by atoms with E-state index in [1.54, 1.807) is 0 Å². The van der Waals surface area contributed by atoms with Gasteiger partial charge in [0.05, 0.1) is 19.3 Å². The zero-order valence-electron chi connectivity index (χ0n) is 12.4. The third kappa shape index (κ3) is 4.38. The first kappa shape index (κ1) is 15.7. The van der Waals surface area contributed by atoms with Gasteiger partial charge in [0.25, 0.3) is 0 Å². The molecule has 1 fully saturated rings. The molecule has 9 nitrogen and oxygen atoms in total. The molecule has 1 aromatic rings. The highest BCUT2D eigenvalue weighted by molar-refractivity contribution is 5.43. The summed E-state index contributed by atoms with van der Waals surface area (Å²) in [6, 6.07) is 0. The molecular formula is C12H23N7O2. The number of aliphatic hydroxyl groups excluding tert-OH is 1. The van der Waals surface area contributed by atoms with Crippen molar-refractivity contribution in [3.8, 4) is 0 Å². The van der Waals surface area contributed by atoms with E-state index in [-0.39, 0.29) is 11.9 Å². The summed E-state index contributed by atoms with van der Waals surface area (Å²) in [7, 11) is 0. The summed E-state index contributed by atoms with van der Waals surface area (Å²) in [6.45, 7) is 7.01. The largest absolute Gasteiger partial charge is 0.391 e. The quantitative estimate of drug-likeness (QED) is 0.403.